The quantitative estimate of drug-likeness (QED) is 0.666. The van der Waals surface area contributed by atoms with Crippen LogP contribution in [-0.4, -0.2) is 4.98 Å². The smallest absolute Gasteiger partial charge is 0.0956 e. The van der Waals surface area contributed by atoms with Gasteiger partial charge in [-0.05, 0) is 12.3 Å². The van der Waals surface area contributed by atoms with Crippen LogP contribution in [-0.2, 0) is 5.41 Å². The SMILES string of the molecule is Cc1nc(C(C)C)sc1C(C)(C)C. The third kappa shape index (κ3) is 2.31. The fourth-order valence-corrected chi connectivity index (χ4v) is 2.49. The van der Waals surface area contributed by atoms with E-state index in [0.29, 0.717) is 5.92 Å². The molecule has 2 heteroatoms. The Morgan fingerprint density at radius 1 is 1.23 bits per heavy atom. The maximum Gasteiger partial charge on any atom is 0.0956 e. The number of thiazole rings is 1. The number of hydrogen-bond acceptors (Lipinski definition) is 2. The van der Waals surface area contributed by atoms with Crippen molar-refractivity contribution < 1.29 is 0 Å². The number of nitrogens with zero attached hydrogens (tertiary/aromatic N) is 1. The zero-order valence-corrected chi connectivity index (χ0v) is 10.2. The number of hydrogen-bond donors (Lipinski definition) is 0. The lowest BCUT2D eigenvalue weighted by Gasteiger charge is -2.16. The predicted octanol–water partition coefficient (Wildman–Crippen LogP) is 3.87. The fraction of sp³-hybridized carbons (Fsp3) is 0.727. The molecule has 0 aliphatic rings. The van der Waals surface area contributed by atoms with Crippen LogP contribution >= 0.6 is 11.3 Å². The van der Waals surface area contributed by atoms with Crippen molar-refractivity contribution in [3.05, 3.63) is 15.6 Å². The molecule has 0 unspecified atom stereocenters. The molecule has 1 heterocycles. The first kappa shape index (κ1) is 10.7. The normalized spacial score (nSPS) is 12.5. The van der Waals surface area contributed by atoms with E-state index in [0.717, 1.165) is 0 Å². The summed E-state index contributed by atoms with van der Waals surface area (Å²) in [7, 11) is 0. The van der Waals surface area contributed by atoms with E-state index in [1.807, 2.05) is 11.3 Å². The van der Waals surface area contributed by atoms with Gasteiger partial charge in [0.05, 0.1) is 10.7 Å². The third-order valence-electron chi connectivity index (χ3n) is 1.99. The summed E-state index contributed by atoms with van der Waals surface area (Å²) in [5.74, 6) is 0.555. The summed E-state index contributed by atoms with van der Waals surface area (Å²) >= 11 is 1.86. The van der Waals surface area contributed by atoms with Crippen LogP contribution < -0.4 is 0 Å². The molecule has 0 fully saturated rings. The highest BCUT2D eigenvalue weighted by atomic mass is 32.1. The lowest BCUT2D eigenvalue weighted by Crippen LogP contribution is -2.10. The largest absolute Gasteiger partial charge is 0.246 e. The first-order chi connectivity index (χ1) is 5.82. The molecular weight excluding hydrogens is 178 g/mol. The highest BCUT2D eigenvalue weighted by molar-refractivity contribution is 7.12. The molecule has 0 amide bonds. The number of aryl methyl sites for hydroxylation is 1. The van der Waals surface area contributed by atoms with Gasteiger partial charge in [-0.15, -0.1) is 11.3 Å². The van der Waals surface area contributed by atoms with E-state index in [9.17, 15) is 0 Å². The summed E-state index contributed by atoms with van der Waals surface area (Å²) in [6, 6.07) is 0. The summed E-state index contributed by atoms with van der Waals surface area (Å²) in [4.78, 5) is 6.02. The van der Waals surface area contributed by atoms with Gasteiger partial charge in [0, 0.05) is 10.8 Å². The van der Waals surface area contributed by atoms with Gasteiger partial charge >= 0.3 is 0 Å². The van der Waals surface area contributed by atoms with Gasteiger partial charge < -0.3 is 0 Å². The summed E-state index contributed by atoms with van der Waals surface area (Å²) in [5, 5.41) is 1.27. The molecule has 0 N–H and O–H groups in total. The molecule has 1 aromatic heterocycles. The Labute approximate surface area is 85.2 Å². The van der Waals surface area contributed by atoms with Crippen molar-refractivity contribution in [2.45, 2.75) is 52.9 Å². The molecule has 0 saturated heterocycles. The molecule has 0 aromatic carbocycles. The molecule has 0 spiro atoms. The Balaban J connectivity index is 3.11. The zero-order valence-electron chi connectivity index (χ0n) is 9.43. The molecule has 0 saturated carbocycles. The van der Waals surface area contributed by atoms with Crippen LogP contribution in [0.1, 0.15) is 56.1 Å². The Morgan fingerprint density at radius 3 is 2.00 bits per heavy atom. The second-order valence-corrected chi connectivity index (χ2v) is 5.90. The van der Waals surface area contributed by atoms with Gasteiger partial charge in [-0.1, -0.05) is 34.6 Å². The predicted molar refractivity (Wildman–Crippen MR) is 59.6 cm³/mol. The highest BCUT2D eigenvalue weighted by Crippen LogP contribution is 2.33. The van der Waals surface area contributed by atoms with Crippen molar-refractivity contribution in [2.24, 2.45) is 0 Å². The van der Waals surface area contributed by atoms with Crippen molar-refractivity contribution in [2.75, 3.05) is 0 Å². The summed E-state index contributed by atoms with van der Waals surface area (Å²) in [6.45, 7) is 13.3. The van der Waals surface area contributed by atoms with Crippen molar-refractivity contribution in [3.8, 4) is 0 Å². The van der Waals surface area contributed by atoms with E-state index < -0.39 is 0 Å². The van der Waals surface area contributed by atoms with E-state index >= 15 is 0 Å². The van der Waals surface area contributed by atoms with E-state index in [2.05, 4.69) is 46.5 Å². The van der Waals surface area contributed by atoms with E-state index in [4.69, 9.17) is 0 Å². The van der Waals surface area contributed by atoms with E-state index in [1.54, 1.807) is 0 Å². The molecule has 1 nitrogen and oxygen atoms in total. The van der Waals surface area contributed by atoms with E-state index in [-0.39, 0.29) is 5.41 Å². The molecule has 0 aliphatic heterocycles. The number of rotatable bonds is 1. The topological polar surface area (TPSA) is 12.9 Å². The Morgan fingerprint density at radius 2 is 1.77 bits per heavy atom. The lowest BCUT2D eigenvalue weighted by atomic mass is 9.93. The zero-order chi connectivity index (χ0) is 10.2. The maximum atomic E-state index is 4.60. The average Bonchev–Trinajstić information content (AvgIpc) is 2.29. The summed E-state index contributed by atoms with van der Waals surface area (Å²) in [5.41, 5.74) is 1.45. The van der Waals surface area contributed by atoms with Gasteiger partial charge in [-0.25, -0.2) is 4.98 Å². The molecule has 0 bridgehead atoms. The first-order valence-electron chi connectivity index (χ1n) is 4.80. The van der Waals surface area contributed by atoms with Gasteiger partial charge in [-0.3, -0.25) is 0 Å². The van der Waals surface area contributed by atoms with Crippen LogP contribution in [0.25, 0.3) is 0 Å². The molecule has 13 heavy (non-hydrogen) atoms. The van der Waals surface area contributed by atoms with Crippen molar-refractivity contribution in [3.63, 3.8) is 0 Å². The Hall–Kier alpha value is -0.370. The molecule has 1 aromatic rings. The highest BCUT2D eigenvalue weighted by Gasteiger charge is 2.21. The summed E-state index contributed by atoms with van der Waals surface area (Å²) in [6.07, 6.45) is 0. The second kappa shape index (κ2) is 3.41. The van der Waals surface area contributed by atoms with Crippen LogP contribution in [0.15, 0.2) is 0 Å². The molecule has 74 valence electrons. The average molecular weight is 197 g/mol. The van der Waals surface area contributed by atoms with Gasteiger partial charge in [0.25, 0.3) is 0 Å². The van der Waals surface area contributed by atoms with Crippen molar-refractivity contribution in [1.82, 2.24) is 4.98 Å². The first-order valence-corrected chi connectivity index (χ1v) is 5.62. The number of aromatic nitrogens is 1. The lowest BCUT2D eigenvalue weighted by molar-refractivity contribution is 0.598. The monoisotopic (exact) mass is 197 g/mol. The standard InChI is InChI=1S/C11H19NS/c1-7(2)10-12-8(3)9(13-10)11(4,5)6/h7H,1-6H3. The molecule has 0 atom stereocenters. The van der Waals surface area contributed by atoms with Gasteiger partial charge in [0.1, 0.15) is 0 Å². The third-order valence-corrected chi connectivity index (χ3v) is 3.87. The van der Waals surface area contributed by atoms with Crippen LogP contribution in [0.4, 0.5) is 0 Å². The van der Waals surface area contributed by atoms with Gasteiger partial charge in [0.2, 0.25) is 0 Å². The van der Waals surface area contributed by atoms with Gasteiger partial charge in [0.15, 0.2) is 0 Å². The summed E-state index contributed by atoms with van der Waals surface area (Å²) < 4.78 is 0. The minimum atomic E-state index is 0.245. The van der Waals surface area contributed by atoms with Crippen molar-refractivity contribution >= 4 is 11.3 Å². The molecular formula is C11H19NS. The minimum absolute atomic E-state index is 0.245. The van der Waals surface area contributed by atoms with Crippen LogP contribution in [0.3, 0.4) is 0 Å². The second-order valence-electron chi connectivity index (χ2n) is 4.87. The Kier molecular flexibility index (Phi) is 2.81. The Bertz CT molecular complexity index is 292. The minimum Gasteiger partial charge on any atom is -0.246 e. The van der Waals surface area contributed by atoms with Crippen LogP contribution in [0.5, 0.6) is 0 Å². The van der Waals surface area contributed by atoms with E-state index in [1.165, 1.54) is 15.6 Å². The maximum absolute atomic E-state index is 4.60. The fourth-order valence-electron chi connectivity index (χ4n) is 1.36. The van der Waals surface area contributed by atoms with Crippen molar-refractivity contribution in [1.29, 1.82) is 0 Å². The van der Waals surface area contributed by atoms with Crippen LogP contribution in [0, 0.1) is 6.92 Å². The molecule has 0 radical (unpaired) electrons. The van der Waals surface area contributed by atoms with Gasteiger partial charge in [-0.2, -0.15) is 0 Å². The van der Waals surface area contributed by atoms with Crippen LogP contribution in [0.2, 0.25) is 0 Å². The molecule has 0 aliphatic carbocycles. The molecule has 1 rings (SSSR count).